The molecule has 1 saturated heterocycles. The summed E-state index contributed by atoms with van der Waals surface area (Å²) in [6, 6.07) is 51.2. The van der Waals surface area contributed by atoms with E-state index in [9.17, 15) is 9.90 Å². The molecule has 6 rings (SSSR count). The van der Waals surface area contributed by atoms with Crippen LogP contribution in [0, 0.1) is 5.92 Å². The van der Waals surface area contributed by atoms with Crippen molar-refractivity contribution in [2.75, 3.05) is 6.61 Å². The van der Waals surface area contributed by atoms with Gasteiger partial charge in [-0.05, 0) is 67.9 Å². The zero-order valence-electron chi connectivity index (χ0n) is 34.6. The van der Waals surface area contributed by atoms with Crippen molar-refractivity contribution in [3.05, 3.63) is 179 Å². The van der Waals surface area contributed by atoms with Crippen LogP contribution in [0.25, 0.3) is 0 Å². The highest BCUT2D eigenvalue weighted by atomic mass is 16.6. The van der Waals surface area contributed by atoms with Gasteiger partial charge in [-0.25, -0.2) is 4.79 Å². The van der Waals surface area contributed by atoms with Crippen LogP contribution < -0.4 is 0 Å². The van der Waals surface area contributed by atoms with Crippen LogP contribution >= 0.6 is 0 Å². The molecule has 7 heteroatoms. The second kappa shape index (κ2) is 19.1. The van der Waals surface area contributed by atoms with Gasteiger partial charge in [0.05, 0.1) is 18.2 Å². The SMILES string of the molecule is CC(C)[C@@H]([C@H](OC(=O)N1C(C)(C)COC1(C)C)[C@@H](O)[C@H](Cc1ccccc1)N(Cc1ccccc1)Cc1ccccc1)N(Cc1ccccc1)Cc1ccccc1. The second-order valence-corrected chi connectivity index (χ2v) is 17.0. The van der Waals surface area contributed by atoms with Gasteiger partial charge in [0.25, 0.3) is 0 Å². The fourth-order valence-corrected chi connectivity index (χ4v) is 8.57. The molecule has 1 fully saturated rings. The Bertz CT molecular complexity index is 1840. The van der Waals surface area contributed by atoms with Crippen molar-refractivity contribution in [3.63, 3.8) is 0 Å². The van der Waals surface area contributed by atoms with Gasteiger partial charge < -0.3 is 14.6 Å². The van der Waals surface area contributed by atoms with E-state index in [2.05, 4.69) is 133 Å². The summed E-state index contributed by atoms with van der Waals surface area (Å²) in [4.78, 5) is 21.3. The summed E-state index contributed by atoms with van der Waals surface area (Å²) in [5.74, 6) is -0.0187. The summed E-state index contributed by atoms with van der Waals surface area (Å²) >= 11 is 0. The molecular formula is C50H61N3O4. The number of carbonyl (C=O) groups excluding carboxylic acids is 1. The quantitative estimate of drug-likeness (QED) is 0.102. The molecule has 0 saturated carbocycles. The molecule has 1 N–H and O–H groups in total. The topological polar surface area (TPSA) is 65.5 Å². The third-order valence-corrected chi connectivity index (χ3v) is 11.2. The fourth-order valence-electron chi connectivity index (χ4n) is 8.57. The van der Waals surface area contributed by atoms with Crippen LogP contribution in [0.4, 0.5) is 4.79 Å². The first-order valence-corrected chi connectivity index (χ1v) is 20.4. The number of nitrogens with zero attached hydrogens (tertiary/aromatic N) is 3. The lowest BCUT2D eigenvalue weighted by atomic mass is 9.86. The van der Waals surface area contributed by atoms with E-state index in [1.54, 1.807) is 4.90 Å². The maximum atomic E-state index is 14.9. The first-order valence-electron chi connectivity index (χ1n) is 20.4. The van der Waals surface area contributed by atoms with E-state index in [1.807, 2.05) is 70.2 Å². The molecule has 5 aromatic carbocycles. The Labute approximate surface area is 340 Å². The zero-order valence-corrected chi connectivity index (χ0v) is 34.6. The van der Waals surface area contributed by atoms with Crippen molar-refractivity contribution in [1.29, 1.82) is 0 Å². The highest BCUT2D eigenvalue weighted by molar-refractivity contribution is 5.70. The molecule has 300 valence electrons. The van der Waals surface area contributed by atoms with Gasteiger partial charge in [0, 0.05) is 32.2 Å². The van der Waals surface area contributed by atoms with E-state index in [0.717, 1.165) is 27.8 Å². The molecule has 0 bridgehead atoms. The van der Waals surface area contributed by atoms with Crippen LogP contribution in [0.2, 0.25) is 0 Å². The van der Waals surface area contributed by atoms with Crippen LogP contribution in [0.3, 0.4) is 0 Å². The minimum absolute atomic E-state index is 0.0187. The van der Waals surface area contributed by atoms with Gasteiger partial charge >= 0.3 is 6.09 Å². The molecule has 0 aromatic heterocycles. The molecule has 1 amide bonds. The van der Waals surface area contributed by atoms with Crippen LogP contribution in [-0.2, 0) is 42.1 Å². The first kappa shape index (κ1) is 41.8. The Morgan fingerprint density at radius 1 is 0.632 bits per heavy atom. The van der Waals surface area contributed by atoms with Crippen LogP contribution in [0.15, 0.2) is 152 Å². The predicted octanol–water partition coefficient (Wildman–Crippen LogP) is 9.74. The van der Waals surface area contributed by atoms with E-state index in [4.69, 9.17) is 9.47 Å². The Morgan fingerprint density at radius 2 is 1.00 bits per heavy atom. The van der Waals surface area contributed by atoms with Crippen molar-refractivity contribution in [2.24, 2.45) is 5.92 Å². The molecule has 1 aliphatic rings. The van der Waals surface area contributed by atoms with E-state index >= 15 is 0 Å². The van der Waals surface area contributed by atoms with Gasteiger partial charge in [0.1, 0.15) is 17.9 Å². The van der Waals surface area contributed by atoms with Gasteiger partial charge in [-0.15, -0.1) is 0 Å². The average Bonchev–Trinajstić information content (AvgIpc) is 3.44. The number of amides is 1. The lowest BCUT2D eigenvalue weighted by molar-refractivity contribution is -0.117. The largest absolute Gasteiger partial charge is 0.442 e. The Balaban J connectivity index is 1.50. The van der Waals surface area contributed by atoms with Crippen LogP contribution in [0.5, 0.6) is 0 Å². The monoisotopic (exact) mass is 767 g/mol. The highest BCUT2D eigenvalue weighted by Gasteiger charge is 2.52. The lowest BCUT2D eigenvalue weighted by Crippen LogP contribution is -2.61. The fraction of sp³-hybridized carbons (Fsp3) is 0.380. The van der Waals surface area contributed by atoms with Crippen molar-refractivity contribution in [2.45, 2.75) is 110 Å². The Morgan fingerprint density at radius 3 is 1.35 bits per heavy atom. The maximum Gasteiger partial charge on any atom is 0.413 e. The van der Waals surface area contributed by atoms with E-state index in [0.29, 0.717) is 39.2 Å². The normalized spacial score (nSPS) is 17.1. The zero-order chi connectivity index (χ0) is 40.4. The molecule has 7 nitrogen and oxygen atoms in total. The number of carbonyl (C=O) groups is 1. The first-order chi connectivity index (χ1) is 27.4. The molecule has 0 aliphatic carbocycles. The molecule has 57 heavy (non-hydrogen) atoms. The predicted molar refractivity (Wildman–Crippen MR) is 229 cm³/mol. The van der Waals surface area contributed by atoms with Crippen LogP contribution in [-0.4, -0.2) is 68.1 Å². The highest BCUT2D eigenvalue weighted by Crippen LogP contribution is 2.37. The summed E-state index contributed by atoms with van der Waals surface area (Å²) < 4.78 is 13.1. The van der Waals surface area contributed by atoms with Crippen molar-refractivity contribution in [1.82, 2.24) is 14.7 Å². The van der Waals surface area contributed by atoms with Gasteiger partial charge in [0.2, 0.25) is 0 Å². The number of ether oxygens (including phenoxy) is 2. The molecule has 1 heterocycles. The molecule has 1 aliphatic heterocycles. The molecule has 0 spiro atoms. The summed E-state index contributed by atoms with van der Waals surface area (Å²) in [6.45, 7) is 14.9. The number of hydrogen-bond acceptors (Lipinski definition) is 6. The minimum atomic E-state index is -1.10. The number of rotatable bonds is 17. The van der Waals surface area contributed by atoms with Gasteiger partial charge in [-0.3, -0.25) is 14.7 Å². The Hall–Kier alpha value is -4.79. The summed E-state index contributed by atoms with van der Waals surface area (Å²) in [6.07, 6.45) is -1.98. The van der Waals surface area contributed by atoms with Gasteiger partial charge in [-0.1, -0.05) is 166 Å². The average molecular weight is 768 g/mol. The summed E-state index contributed by atoms with van der Waals surface area (Å²) in [5.41, 5.74) is 4.15. The molecule has 0 unspecified atom stereocenters. The van der Waals surface area contributed by atoms with Gasteiger partial charge in [0.15, 0.2) is 0 Å². The summed E-state index contributed by atoms with van der Waals surface area (Å²) in [7, 11) is 0. The number of benzene rings is 5. The molecule has 4 atom stereocenters. The number of hydrogen-bond donors (Lipinski definition) is 1. The van der Waals surface area contributed by atoms with E-state index in [1.165, 1.54) is 0 Å². The second-order valence-electron chi connectivity index (χ2n) is 17.0. The summed E-state index contributed by atoms with van der Waals surface area (Å²) in [5, 5.41) is 13.4. The van der Waals surface area contributed by atoms with Crippen molar-refractivity contribution < 1.29 is 19.4 Å². The van der Waals surface area contributed by atoms with E-state index in [-0.39, 0.29) is 12.0 Å². The molecule has 0 radical (unpaired) electrons. The standard InChI is InChI=1S/C50H61N3O4/c1-38(2)45(52(35-42-28-18-10-19-29-42)36-43-30-20-11-21-31-43)47(57-48(55)53-49(3,4)37-56-50(53,5)6)46(54)44(32-39-22-12-7-13-23-39)51(33-40-24-14-8-15-25-40)34-41-26-16-9-17-27-41/h7-31,38,44-47,54H,32-37H2,1-6H3/t44-,45-,46-,47-/m0/s1. The number of aliphatic hydroxyl groups excluding tert-OH is 1. The van der Waals surface area contributed by atoms with Crippen molar-refractivity contribution >= 4 is 6.09 Å². The smallest absolute Gasteiger partial charge is 0.413 e. The lowest BCUT2D eigenvalue weighted by Gasteiger charge is -2.46. The third kappa shape index (κ3) is 11.0. The molecule has 5 aromatic rings. The third-order valence-electron chi connectivity index (χ3n) is 11.2. The maximum absolute atomic E-state index is 14.9. The van der Waals surface area contributed by atoms with E-state index < -0.39 is 35.6 Å². The Kier molecular flexibility index (Phi) is 14.0. The van der Waals surface area contributed by atoms with Crippen LogP contribution in [0.1, 0.15) is 69.4 Å². The van der Waals surface area contributed by atoms with Gasteiger partial charge in [-0.2, -0.15) is 0 Å². The van der Waals surface area contributed by atoms with Crippen molar-refractivity contribution in [3.8, 4) is 0 Å². The number of aliphatic hydroxyl groups is 1. The molecular weight excluding hydrogens is 707 g/mol. The minimum Gasteiger partial charge on any atom is -0.442 e.